The molecule has 1 aliphatic rings. The molecule has 0 saturated carbocycles. The lowest BCUT2D eigenvalue weighted by molar-refractivity contribution is 0.0806. The summed E-state index contributed by atoms with van der Waals surface area (Å²) in [5, 5.41) is 10.3. The van der Waals surface area contributed by atoms with Gasteiger partial charge in [-0.15, -0.1) is 0 Å². The highest BCUT2D eigenvalue weighted by atomic mass is 35.5. The molecule has 1 fully saturated rings. The minimum absolute atomic E-state index is 0.108. The van der Waals surface area contributed by atoms with Gasteiger partial charge in [0.05, 0.1) is 16.6 Å². The second kappa shape index (κ2) is 8.37. The van der Waals surface area contributed by atoms with Crippen molar-refractivity contribution in [2.45, 2.75) is 25.3 Å². The van der Waals surface area contributed by atoms with Crippen molar-refractivity contribution in [3.8, 4) is 6.07 Å². The van der Waals surface area contributed by atoms with Gasteiger partial charge in [-0.25, -0.2) is 13.2 Å². The first kappa shape index (κ1) is 19.3. The zero-order valence-corrected chi connectivity index (χ0v) is 15.4. The highest BCUT2D eigenvalue weighted by Crippen LogP contribution is 2.33. The van der Waals surface area contributed by atoms with Crippen LogP contribution in [0.4, 0.5) is 4.79 Å². The standard InChI is InChI=1S/C17H19ClN2O4S/c1-25(22,23)10-4-9-24-17(21)20-8-3-2-5-16(20)13-6-7-14(12-19)15(18)11-13/h4,6-7,10-11,16H,2-3,5,8-9H2,1H3. The van der Waals surface area contributed by atoms with Crippen molar-refractivity contribution >= 4 is 27.5 Å². The summed E-state index contributed by atoms with van der Waals surface area (Å²) in [6, 6.07) is 6.98. The molecule has 0 aliphatic carbocycles. The minimum Gasteiger partial charge on any atom is -0.445 e. The Balaban J connectivity index is 2.10. The second-order valence-electron chi connectivity index (χ2n) is 5.83. The van der Waals surface area contributed by atoms with E-state index in [2.05, 4.69) is 0 Å². The first-order valence-electron chi connectivity index (χ1n) is 7.81. The number of nitrogens with zero attached hydrogens (tertiary/aromatic N) is 2. The van der Waals surface area contributed by atoms with E-state index in [1.165, 1.54) is 6.08 Å². The number of nitriles is 1. The van der Waals surface area contributed by atoms with E-state index < -0.39 is 15.9 Å². The Bertz CT molecular complexity index is 814. The van der Waals surface area contributed by atoms with Crippen molar-refractivity contribution in [2.24, 2.45) is 0 Å². The molecule has 0 radical (unpaired) electrons. The Morgan fingerprint density at radius 3 is 2.88 bits per heavy atom. The molecule has 8 heteroatoms. The van der Waals surface area contributed by atoms with Gasteiger partial charge in [-0.05, 0) is 43.0 Å². The number of piperidine rings is 1. The number of carbonyl (C=O) groups excluding carboxylic acids is 1. The molecule has 1 atom stereocenters. The van der Waals surface area contributed by atoms with Gasteiger partial charge >= 0.3 is 6.09 Å². The van der Waals surface area contributed by atoms with E-state index in [0.29, 0.717) is 17.1 Å². The van der Waals surface area contributed by atoms with Crippen molar-refractivity contribution < 1.29 is 17.9 Å². The van der Waals surface area contributed by atoms with E-state index in [9.17, 15) is 13.2 Å². The highest BCUT2D eigenvalue weighted by molar-refractivity contribution is 7.93. The van der Waals surface area contributed by atoms with Crippen LogP contribution in [0.25, 0.3) is 0 Å². The average Bonchev–Trinajstić information content (AvgIpc) is 2.57. The molecule has 1 unspecified atom stereocenters. The smallest absolute Gasteiger partial charge is 0.410 e. The average molecular weight is 383 g/mol. The number of hydrogen-bond donors (Lipinski definition) is 0. The van der Waals surface area contributed by atoms with Gasteiger partial charge in [0.15, 0.2) is 9.84 Å². The number of rotatable bonds is 4. The Hall–Kier alpha value is -2.04. The van der Waals surface area contributed by atoms with Crippen LogP contribution in [0.3, 0.4) is 0 Å². The zero-order chi connectivity index (χ0) is 18.4. The van der Waals surface area contributed by atoms with Gasteiger partial charge in [-0.3, -0.25) is 0 Å². The molecule has 1 heterocycles. The molecule has 134 valence electrons. The van der Waals surface area contributed by atoms with Crippen LogP contribution in [0.1, 0.15) is 36.4 Å². The summed E-state index contributed by atoms with van der Waals surface area (Å²) in [5.41, 5.74) is 1.24. The minimum atomic E-state index is -3.24. The summed E-state index contributed by atoms with van der Waals surface area (Å²) < 4.78 is 27.2. The van der Waals surface area contributed by atoms with Crippen LogP contribution >= 0.6 is 11.6 Å². The summed E-state index contributed by atoms with van der Waals surface area (Å²) >= 11 is 6.10. The van der Waals surface area contributed by atoms with Crippen LogP contribution in [0, 0.1) is 11.3 Å². The molecule has 25 heavy (non-hydrogen) atoms. The topological polar surface area (TPSA) is 87.5 Å². The summed E-state index contributed by atoms with van der Waals surface area (Å²) in [6.45, 7) is 0.445. The molecule has 0 N–H and O–H groups in total. The SMILES string of the molecule is CS(=O)(=O)C=CCOC(=O)N1CCCCC1c1ccc(C#N)c(Cl)c1. The van der Waals surface area contributed by atoms with Crippen molar-refractivity contribution in [2.75, 3.05) is 19.4 Å². The van der Waals surface area contributed by atoms with E-state index in [4.69, 9.17) is 21.6 Å². The Morgan fingerprint density at radius 1 is 1.48 bits per heavy atom. The number of amides is 1. The van der Waals surface area contributed by atoms with Gasteiger partial charge in [0.1, 0.15) is 12.7 Å². The molecule has 2 rings (SSSR count). The van der Waals surface area contributed by atoms with Crippen LogP contribution in [0.15, 0.2) is 29.7 Å². The van der Waals surface area contributed by atoms with E-state index in [1.54, 1.807) is 23.1 Å². The Morgan fingerprint density at radius 2 is 2.24 bits per heavy atom. The summed E-state index contributed by atoms with van der Waals surface area (Å²) in [5.74, 6) is 0. The van der Waals surface area contributed by atoms with E-state index in [-0.39, 0.29) is 12.6 Å². The van der Waals surface area contributed by atoms with E-state index in [0.717, 1.165) is 36.5 Å². The summed E-state index contributed by atoms with van der Waals surface area (Å²) in [6.07, 6.45) is 4.49. The van der Waals surface area contributed by atoms with Gasteiger partial charge in [0, 0.05) is 18.2 Å². The fourth-order valence-electron chi connectivity index (χ4n) is 2.74. The van der Waals surface area contributed by atoms with Crippen molar-refractivity contribution in [3.63, 3.8) is 0 Å². The third-order valence-corrected chi connectivity index (χ3v) is 4.88. The maximum absolute atomic E-state index is 12.3. The monoisotopic (exact) mass is 382 g/mol. The number of benzene rings is 1. The number of halogens is 1. The van der Waals surface area contributed by atoms with Crippen LogP contribution in [-0.4, -0.2) is 38.8 Å². The molecule has 1 amide bonds. The molecule has 1 aromatic rings. The lowest BCUT2D eigenvalue weighted by atomic mass is 9.95. The maximum atomic E-state index is 12.3. The van der Waals surface area contributed by atoms with Crippen LogP contribution in [-0.2, 0) is 14.6 Å². The summed E-state index contributed by atoms with van der Waals surface area (Å²) in [4.78, 5) is 14.0. The molecular formula is C17H19ClN2O4S. The number of carbonyl (C=O) groups is 1. The third kappa shape index (κ3) is 5.48. The van der Waals surface area contributed by atoms with Crippen LogP contribution in [0.5, 0.6) is 0 Å². The number of likely N-dealkylation sites (tertiary alicyclic amines) is 1. The highest BCUT2D eigenvalue weighted by Gasteiger charge is 2.29. The molecule has 1 aromatic carbocycles. The van der Waals surface area contributed by atoms with Crippen molar-refractivity contribution in [1.82, 2.24) is 4.90 Å². The van der Waals surface area contributed by atoms with Crippen LogP contribution in [0.2, 0.25) is 5.02 Å². The lowest BCUT2D eigenvalue weighted by Crippen LogP contribution is -2.38. The zero-order valence-electron chi connectivity index (χ0n) is 13.8. The maximum Gasteiger partial charge on any atom is 0.410 e. The van der Waals surface area contributed by atoms with Gasteiger partial charge in [-0.1, -0.05) is 17.7 Å². The summed E-state index contributed by atoms with van der Waals surface area (Å²) in [7, 11) is -3.24. The van der Waals surface area contributed by atoms with Gasteiger partial charge in [0.25, 0.3) is 0 Å². The number of ether oxygens (including phenoxy) is 1. The fraction of sp³-hybridized carbons (Fsp3) is 0.412. The normalized spacial score (nSPS) is 18.1. The van der Waals surface area contributed by atoms with Crippen molar-refractivity contribution in [1.29, 1.82) is 5.26 Å². The van der Waals surface area contributed by atoms with E-state index in [1.807, 2.05) is 6.07 Å². The molecule has 6 nitrogen and oxygen atoms in total. The van der Waals surface area contributed by atoms with Gasteiger partial charge in [-0.2, -0.15) is 5.26 Å². The first-order chi connectivity index (χ1) is 11.8. The molecule has 1 saturated heterocycles. The molecule has 0 spiro atoms. The number of hydrogen-bond acceptors (Lipinski definition) is 5. The Kier molecular flexibility index (Phi) is 6.45. The number of sulfone groups is 1. The predicted molar refractivity (Wildman–Crippen MR) is 94.8 cm³/mol. The molecular weight excluding hydrogens is 364 g/mol. The van der Waals surface area contributed by atoms with Crippen molar-refractivity contribution in [3.05, 3.63) is 45.8 Å². The quantitative estimate of drug-likeness (QED) is 0.795. The van der Waals surface area contributed by atoms with Gasteiger partial charge < -0.3 is 9.64 Å². The largest absolute Gasteiger partial charge is 0.445 e. The molecule has 0 bridgehead atoms. The second-order valence-corrected chi connectivity index (χ2v) is 8.17. The molecule has 0 aromatic heterocycles. The lowest BCUT2D eigenvalue weighted by Gasteiger charge is -2.35. The third-order valence-electron chi connectivity index (χ3n) is 3.88. The first-order valence-corrected chi connectivity index (χ1v) is 10.1. The van der Waals surface area contributed by atoms with Crippen LogP contribution < -0.4 is 0 Å². The van der Waals surface area contributed by atoms with Gasteiger partial charge in [0.2, 0.25) is 0 Å². The molecule has 1 aliphatic heterocycles. The fourth-order valence-corrected chi connectivity index (χ4v) is 3.40. The Labute approximate surface area is 152 Å². The predicted octanol–water partition coefficient (Wildman–Crippen LogP) is 3.43. The van der Waals surface area contributed by atoms with E-state index >= 15 is 0 Å².